The van der Waals surface area contributed by atoms with Crippen molar-refractivity contribution in [2.75, 3.05) is 0 Å². The molecule has 3 heteroatoms. The van der Waals surface area contributed by atoms with Crippen LogP contribution in [0.3, 0.4) is 0 Å². The summed E-state index contributed by atoms with van der Waals surface area (Å²) in [5.41, 5.74) is 2.00. The SMILES string of the molecule is OB1OCc2cc3ccccc3cc21. The molecule has 2 nitrogen and oxygen atoms in total. The van der Waals surface area contributed by atoms with Gasteiger partial charge < -0.3 is 9.68 Å². The summed E-state index contributed by atoms with van der Waals surface area (Å²) in [5, 5.41) is 11.9. The number of fused-ring (bicyclic) bond motifs is 2. The maximum absolute atomic E-state index is 9.52. The van der Waals surface area contributed by atoms with E-state index in [1.807, 2.05) is 24.3 Å². The van der Waals surface area contributed by atoms with Crippen molar-refractivity contribution in [3.63, 3.8) is 0 Å². The molecule has 2 aromatic rings. The van der Waals surface area contributed by atoms with Crippen molar-refractivity contribution >= 4 is 23.4 Å². The average molecular weight is 184 g/mol. The third-order valence-electron chi connectivity index (χ3n) is 2.67. The van der Waals surface area contributed by atoms with E-state index in [2.05, 4.69) is 12.1 Å². The maximum atomic E-state index is 9.52. The molecule has 3 rings (SSSR count). The molecule has 0 aliphatic carbocycles. The van der Waals surface area contributed by atoms with Crippen molar-refractivity contribution in [3.05, 3.63) is 42.0 Å². The molecule has 0 aromatic heterocycles. The predicted octanol–water partition coefficient (Wildman–Crippen LogP) is 1.06. The second-order valence-corrected chi connectivity index (χ2v) is 3.56. The van der Waals surface area contributed by atoms with Gasteiger partial charge in [0.1, 0.15) is 0 Å². The highest BCUT2D eigenvalue weighted by Gasteiger charge is 2.27. The van der Waals surface area contributed by atoms with Crippen LogP contribution in [0.15, 0.2) is 36.4 Å². The van der Waals surface area contributed by atoms with Gasteiger partial charge in [0.25, 0.3) is 0 Å². The molecule has 68 valence electrons. The Labute approximate surface area is 82.3 Å². The molecule has 0 radical (unpaired) electrons. The molecule has 0 atom stereocenters. The Morgan fingerprint density at radius 2 is 1.86 bits per heavy atom. The minimum absolute atomic E-state index is 0.515. The van der Waals surface area contributed by atoms with Crippen molar-refractivity contribution < 1.29 is 9.68 Å². The molecule has 14 heavy (non-hydrogen) atoms. The van der Waals surface area contributed by atoms with Crippen LogP contribution in [0.5, 0.6) is 0 Å². The zero-order valence-corrected chi connectivity index (χ0v) is 7.60. The minimum atomic E-state index is -0.741. The molecule has 0 spiro atoms. The Hall–Kier alpha value is -1.32. The lowest BCUT2D eigenvalue weighted by Gasteiger charge is -2.01. The molecule has 0 bridgehead atoms. The minimum Gasteiger partial charge on any atom is -0.423 e. The molecular formula is C11H9BO2. The maximum Gasteiger partial charge on any atom is 0.491 e. The van der Waals surface area contributed by atoms with Crippen molar-refractivity contribution in [2.24, 2.45) is 0 Å². The highest BCUT2D eigenvalue weighted by Crippen LogP contribution is 2.18. The third-order valence-corrected chi connectivity index (χ3v) is 2.67. The Morgan fingerprint density at radius 1 is 1.14 bits per heavy atom. The summed E-state index contributed by atoms with van der Waals surface area (Å²) in [7, 11) is -0.741. The van der Waals surface area contributed by atoms with Crippen LogP contribution < -0.4 is 5.46 Å². The lowest BCUT2D eigenvalue weighted by molar-refractivity contribution is 0.275. The van der Waals surface area contributed by atoms with E-state index in [0.29, 0.717) is 6.61 Å². The van der Waals surface area contributed by atoms with E-state index >= 15 is 0 Å². The van der Waals surface area contributed by atoms with Gasteiger partial charge in [0.2, 0.25) is 0 Å². The second-order valence-electron chi connectivity index (χ2n) is 3.56. The number of benzene rings is 2. The molecule has 2 aromatic carbocycles. The van der Waals surface area contributed by atoms with E-state index in [1.165, 1.54) is 5.39 Å². The van der Waals surface area contributed by atoms with Gasteiger partial charge in [-0.3, -0.25) is 0 Å². The summed E-state index contributed by atoms with van der Waals surface area (Å²) in [4.78, 5) is 0. The van der Waals surface area contributed by atoms with E-state index in [-0.39, 0.29) is 0 Å². The number of rotatable bonds is 0. The van der Waals surface area contributed by atoms with E-state index in [1.54, 1.807) is 0 Å². The summed E-state index contributed by atoms with van der Waals surface area (Å²) in [6.07, 6.45) is 0. The molecule has 0 unspecified atom stereocenters. The fourth-order valence-corrected chi connectivity index (χ4v) is 1.92. The predicted molar refractivity (Wildman–Crippen MR) is 56.3 cm³/mol. The van der Waals surface area contributed by atoms with Crippen molar-refractivity contribution in [1.29, 1.82) is 0 Å². The molecule has 1 heterocycles. The first-order valence-electron chi connectivity index (χ1n) is 4.66. The van der Waals surface area contributed by atoms with Gasteiger partial charge in [0, 0.05) is 0 Å². The summed E-state index contributed by atoms with van der Waals surface area (Å²) in [6, 6.07) is 12.2. The Bertz CT molecular complexity index is 496. The molecule has 0 fully saturated rings. The Morgan fingerprint density at radius 3 is 2.64 bits per heavy atom. The molecule has 0 saturated carbocycles. The van der Waals surface area contributed by atoms with Crippen LogP contribution in [0, 0.1) is 0 Å². The van der Waals surface area contributed by atoms with Crippen molar-refractivity contribution in [3.8, 4) is 0 Å². The quantitative estimate of drug-likeness (QED) is 0.620. The Balaban J connectivity index is 2.33. The van der Waals surface area contributed by atoms with E-state index in [9.17, 15) is 5.02 Å². The van der Waals surface area contributed by atoms with Gasteiger partial charge in [-0.15, -0.1) is 0 Å². The number of hydrogen-bond acceptors (Lipinski definition) is 2. The van der Waals surface area contributed by atoms with Gasteiger partial charge in [-0.25, -0.2) is 0 Å². The van der Waals surface area contributed by atoms with Gasteiger partial charge in [0.05, 0.1) is 6.61 Å². The second kappa shape index (κ2) is 2.84. The van der Waals surface area contributed by atoms with Gasteiger partial charge in [0.15, 0.2) is 0 Å². The van der Waals surface area contributed by atoms with Crippen LogP contribution in [0.25, 0.3) is 10.8 Å². The van der Waals surface area contributed by atoms with E-state index in [4.69, 9.17) is 4.65 Å². The first-order valence-corrected chi connectivity index (χ1v) is 4.66. The van der Waals surface area contributed by atoms with Crippen LogP contribution >= 0.6 is 0 Å². The van der Waals surface area contributed by atoms with Crippen LogP contribution in [0.2, 0.25) is 0 Å². The van der Waals surface area contributed by atoms with Crippen LogP contribution in [0.4, 0.5) is 0 Å². The van der Waals surface area contributed by atoms with Gasteiger partial charge in [-0.05, 0) is 27.9 Å². The zero-order valence-electron chi connectivity index (χ0n) is 7.60. The number of hydrogen-bond donors (Lipinski definition) is 1. The highest BCUT2D eigenvalue weighted by molar-refractivity contribution is 6.61. The van der Waals surface area contributed by atoms with Gasteiger partial charge in [-0.1, -0.05) is 30.3 Å². The van der Waals surface area contributed by atoms with Crippen LogP contribution in [-0.4, -0.2) is 12.1 Å². The first kappa shape index (κ1) is 8.03. The smallest absolute Gasteiger partial charge is 0.423 e. The first-order chi connectivity index (χ1) is 6.84. The van der Waals surface area contributed by atoms with Crippen LogP contribution in [-0.2, 0) is 11.3 Å². The summed E-state index contributed by atoms with van der Waals surface area (Å²) < 4.78 is 5.15. The molecular weight excluding hydrogens is 175 g/mol. The standard InChI is InChI=1S/C11H9BO2/c13-12-11-6-9-4-2-1-3-8(9)5-10(11)7-14-12/h1-6,13H,7H2. The van der Waals surface area contributed by atoms with Crippen LogP contribution in [0.1, 0.15) is 5.56 Å². The fraction of sp³-hybridized carbons (Fsp3) is 0.0909. The Kier molecular flexibility index (Phi) is 1.63. The fourth-order valence-electron chi connectivity index (χ4n) is 1.92. The van der Waals surface area contributed by atoms with Gasteiger partial charge >= 0.3 is 7.12 Å². The van der Waals surface area contributed by atoms with E-state index in [0.717, 1.165) is 16.4 Å². The summed E-state index contributed by atoms with van der Waals surface area (Å²) >= 11 is 0. The summed E-state index contributed by atoms with van der Waals surface area (Å²) in [6.45, 7) is 0.515. The average Bonchev–Trinajstić information content (AvgIpc) is 2.57. The largest absolute Gasteiger partial charge is 0.491 e. The third kappa shape index (κ3) is 1.06. The van der Waals surface area contributed by atoms with Crippen molar-refractivity contribution in [1.82, 2.24) is 0 Å². The molecule has 1 N–H and O–H groups in total. The van der Waals surface area contributed by atoms with Gasteiger partial charge in [-0.2, -0.15) is 0 Å². The summed E-state index contributed by atoms with van der Waals surface area (Å²) in [5.74, 6) is 0. The topological polar surface area (TPSA) is 29.5 Å². The zero-order chi connectivity index (χ0) is 9.54. The monoisotopic (exact) mass is 184 g/mol. The normalized spacial score (nSPS) is 14.8. The molecule has 0 amide bonds. The lowest BCUT2D eigenvalue weighted by Crippen LogP contribution is -2.27. The van der Waals surface area contributed by atoms with E-state index < -0.39 is 7.12 Å². The highest BCUT2D eigenvalue weighted by atomic mass is 16.5. The molecule has 1 aliphatic heterocycles. The lowest BCUT2D eigenvalue weighted by atomic mass is 9.78. The molecule has 0 saturated heterocycles. The van der Waals surface area contributed by atoms with Crippen molar-refractivity contribution in [2.45, 2.75) is 6.61 Å². The molecule has 1 aliphatic rings.